The van der Waals surface area contributed by atoms with E-state index < -0.39 is 0 Å². The van der Waals surface area contributed by atoms with Crippen LogP contribution in [0.5, 0.6) is 5.75 Å². The molecule has 0 fully saturated rings. The highest BCUT2D eigenvalue weighted by molar-refractivity contribution is 9.10. The Kier molecular flexibility index (Phi) is 3.91. The molecule has 2 aromatic heterocycles. The number of benzene rings is 1. The first kappa shape index (κ1) is 14.1. The van der Waals surface area contributed by atoms with Gasteiger partial charge < -0.3 is 10.1 Å². The second-order valence-electron chi connectivity index (χ2n) is 4.15. The fraction of sp³-hybridized carbons (Fsp3) is 0.0769. The molecule has 0 bridgehead atoms. The Morgan fingerprint density at radius 1 is 1.29 bits per heavy atom. The maximum Gasteiger partial charge on any atom is 0.240 e. The smallest absolute Gasteiger partial charge is 0.240 e. The van der Waals surface area contributed by atoms with Crippen molar-refractivity contribution in [1.82, 2.24) is 9.97 Å². The summed E-state index contributed by atoms with van der Waals surface area (Å²) in [6.45, 7) is 0. The molecule has 0 amide bonds. The summed E-state index contributed by atoms with van der Waals surface area (Å²) in [5, 5.41) is 6.19. The van der Waals surface area contributed by atoms with Gasteiger partial charge in [-0.2, -0.15) is 4.98 Å². The third-order valence-electron chi connectivity index (χ3n) is 2.87. The van der Waals surface area contributed by atoms with Gasteiger partial charge in [0.25, 0.3) is 0 Å². The number of aromatic nitrogens is 2. The molecule has 0 aliphatic heterocycles. The number of rotatable bonds is 4. The summed E-state index contributed by atoms with van der Waals surface area (Å²) < 4.78 is 6.08. The number of hydrogen-bond donors (Lipinski definition) is 3. The molecule has 8 heteroatoms. The fourth-order valence-electron chi connectivity index (χ4n) is 1.90. The van der Waals surface area contributed by atoms with Gasteiger partial charge in [-0.25, -0.2) is 10.8 Å². The third kappa shape index (κ3) is 2.78. The van der Waals surface area contributed by atoms with Gasteiger partial charge in [0.1, 0.15) is 16.4 Å². The number of nitrogen functional groups attached to an aromatic ring is 1. The summed E-state index contributed by atoms with van der Waals surface area (Å²) in [6, 6.07) is 7.69. The third-order valence-corrected chi connectivity index (χ3v) is 4.30. The molecule has 0 unspecified atom stereocenters. The van der Waals surface area contributed by atoms with Crippen molar-refractivity contribution in [1.29, 1.82) is 0 Å². The number of hydrazine groups is 1. The molecular formula is C13H12BrN5OS. The Bertz CT molecular complexity index is 791. The number of thiophene rings is 1. The molecule has 0 radical (unpaired) electrons. The van der Waals surface area contributed by atoms with Gasteiger partial charge >= 0.3 is 0 Å². The predicted octanol–water partition coefficient (Wildman–Crippen LogP) is 3.49. The lowest BCUT2D eigenvalue weighted by Crippen LogP contribution is -2.11. The minimum Gasteiger partial charge on any atom is -0.496 e. The first-order valence-electron chi connectivity index (χ1n) is 6.03. The molecule has 2 heterocycles. The summed E-state index contributed by atoms with van der Waals surface area (Å²) in [5.41, 5.74) is 3.37. The predicted molar refractivity (Wildman–Crippen MR) is 89.2 cm³/mol. The van der Waals surface area contributed by atoms with Gasteiger partial charge in [0.2, 0.25) is 5.95 Å². The number of nitrogens with one attached hydrogen (secondary N) is 2. The van der Waals surface area contributed by atoms with Gasteiger partial charge in [-0.1, -0.05) is 0 Å². The van der Waals surface area contributed by atoms with Crippen LogP contribution in [0, 0.1) is 0 Å². The van der Waals surface area contributed by atoms with Gasteiger partial charge in [0.15, 0.2) is 0 Å². The molecule has 21 heavy (non-hydrogen) atoms. The van der Waals surface area contributed by atoms with Crippen molar-refractivity contribution in [2.45, 2.75) is 0 Å². The van der Waals surface area contributed by atoms with Gasteiger partial charge in [-0.3, -0.25) is 5.43 Å². The van der Waals surface area contributed by atoms with Crippen LogP contribution in [-0.2, 0) is 0 Å². The van der Waals surface area contributed by atoms with Crippen LogP contribution in [0.1, 0.15) is 0 Å². The van der Waals surface area contributed by atoms with Crippen LogP contribution >= 0.6 is 27.3 Å². The number of fused-ring (bicyclic) bond motifs is 1. The van der Waals surface area contributed by atoms with E-state index in [0.717, 1.165) is 26.1 Å². The van der Waals surface area contributed by atoms with Crippen molar-refractivity contribution < 1.29 is 4.74 Å². The van der Waals surface area contributed by atoms with Gasteiger partial charge in [-0.05, 0) is 45.6 Å². The normalized spacial score (nSPS) is 10.6. The molecule has 0 aliphatic carbocycles. The number of halogens is 1. The molecule has 3 aromatic rings. The maximum atomic E-state index is 5.41. The number of anilines is 3. The Morgan fingerprint density at radius 3 is 2.86 bits per heavy atom. The molecule has 0 saturated heterocycles. The number of nitrogens with two attached hydrogens (primary N) is 1. The van der Waals surface area contributed by atoms with E-state index in [4.69, 9.17) is 10.6 Å². The van der Waals surface area contributed by atoms with Crippen LogP contribution in [-0.4, -0.2) is 17.1 Å². The molecule has 0 saturated carbocycles. The number of hydrogen-bond acceptors (Lipinski definition) is 7. The topological polar surface area (TPSA) is 85.1 Å². The molecular weight excluding hydrogens is 354 g/mol. The highest BCUT2D eigenvalue weighted by Crippen LogP contribution is 2.32. The average molecular weight is 366 g/mol. The van der Waals surface area contributed by atoms with Crippen molar-refractivity contribution in [3.05, 3.63) is 34.1 Å². The highest BCUT2D eigenvalue weighted by Gasteiger charge is 2.09. The molecule has 1 aromatic carbocycles. The summed E-state index contributed by atoms with van der Waals surface area (Å²) in [7, 11) is 1.63. The first-order chi connectivity index (χ1) is 10.2. The van der Waals surface area contributed by atoms with E-state index in [0.29, 0.717) is 11.8 Å². The Morgan fingerprint density at radius 2 is 2.14 bits per heavy atom. The van der Waals surface area contributed by atoms with Crippen molar-refractivity contribution in [2.24, 2.45) is 5.84 Å². The van der Waals surface area contributed by atoms with Gasteiger partial charge in [0, 0.05) is 5.69 Å². The van der Waals surface area contributed by atoms with Crippen molar-refractivity contribution >= 4 is 54.9 Å². The minimum atomic E-state index is 0.375. The summed E-state index contributed by atoms with van der Waals surface area (Å²) >= 11 is 5.00. The van der Waals surface area contributed by atoms with Crippen molar-refractivity contribution in [3.8, 4) is 5.75 Å². The first-order valence-corrected chi connectivity index (χ1v) is 7.71. The lowest BCUT2D eigenvalue weighted by Gasteiger charge is -2.10. The van der Waals surface area contributed by atoms with Crippen LogP contribution in [0.4, 0.5) is 17.5 Å². The highest BCUT2D eigenvalue weighted by atomic mass is 79.9. The average Bonchev–Trinajstić information content (AvgIpc) is 2.96. The summed E-state index contributed by atoms with van der Waals surface area (Å²) in [5.74, 6) is 7.26. The summed E-state index contributed by atoms with van der Waals surface area (Å²) in [6.07, 6.45) is 0. The van der Waals surface area contributed by atoms with Gasteiger partial charge in [-0.15, -0.1) is 11.3 Å². The zero-order valence-electron chi connectivity index (χ0n) is 11.1. The maximum absolute atomic E-state index is 5.41. The quantitative estimate of drug-likeness (QED) is 0.484. The molecule has 6 nitrogen and oxygen atoms in total. The molecule has 3 rings (SSSR count). The molecule has 108 valence electrons. The SMILES string of the molecule is COc1ccc(Nc2nc(NN)nc3sccc23)cc1Br. The van der Waals surface area contributed by atoms with E-state index >= 15 is 0 Å². The van der Waals surface area contributed by atoms with E-state index in [-0.39, 0.29) is 0 Å². The largest absolute Gasteiger partial charge is 0.496 e. The molecule has 0 aliphatic rings. The van der Waals surface area contributed by atoms with Crippen LogP contribution in [0.15, 0.2) is 34.1 Å². The standard InChI is InChI=1S/C13H12BrN5OS/c1-20-10-3-2-7(6-9(10)14)16-11-8-4-5-21-12(8)18-13(17-11)19-15/h2-6H,15H2,1H3,(H2,16,17,18,19). The monoisotopic (exact) mass is 365 g/mol. The lowest BCUT2D eigenvalue weighted by molar-refractivity contribution is 0.412. The van der Waals surface area contributed by atoms with E-state index in [9.17, 15) is 0 Å². The van der Waals surface area contributed by atoms with E-state index in [2.05, 4.69) is 36.6 Å². The Balaban J connectivity index is 2.01. The van der Waals surface area contributed by atoms with Gasteiger partial charge in [0.05, 0.1) is 17.0 Å². The van der Waals surface area contributed by atoms with Crippen LogP contribution in [0.3, 0.4) is 0 Å². The number of nitrogens with zero attached hydrogens (tertiary/aromatic N) is 2. The number of methoxy groups -OCH3 is 1. The zero-order valence-corrected chi connectivity index (χ0v) is 13.5. The summed E-state index contributed by atoms with van der Waals surface area (Å²) in [4.78, 5) is 9.53. The van der Waals surface area contributed by atoms with E-state index in [1.807, 2.05) is 29.6 Å². The van der Waals surface area contributed by atoms with E-state index in [1.54, 1.807) is 7.11 Å². The minimum absolute atomic E-state index is 0.375. The molecule has 0 spiro atoms. The zero-order chi connectivity index (χ0) is 14.8. The fourth-order valence-corrected chi connectivity index (χ4v) is 3.20. The van der Waals surface area contributed by atoms with Crippen molar-refractivity contribution in [3.63, 3.8) is 0 Å². The second kappa shape index (κ2) is 5.84. The number of ether oxygens (including phenoxy) is 1. The molecule has 0 atom stereocenters. The second-order valence-corrected chi connectivity index (χ2v) is 5.90. The Hall–Kier alpha value is -1.90. The van der Waals surface area contributed by atoms with E-state index in [1.165, 1.54) is 11.3 Å². The van der Waals surface area contributed by atoms with Crippen LogP contribution < -0.4 is 21.3 Å². The van der Waals surface area contributed by atoms with Crippen LogP contribution in [0.2, 0.25) is 0 Å². The molecule has 4 N–H and O–H groups in total. The van der Waals surface area contributed by atoms with Crippen LogP contribution in [0.25, 0.3) is 10.2 Å². The van der Waals surface area contributed by atoms with Crippen molar-refractivity contribution in [2.75, 3.05) is 17.9 Å². The lowest BCUT2D eigenvalue weighted by atomic mass is 10.3. The Labute approximate surface area is 133 Å².